The van der Waals surface area contributed by atoms with Crippen molar-refractivity contribution in [3.8, 4) is 0 Å². The van der Waals surface area contributed by atoms with Crippen LogP contribution in [0.5, 0.6) is 0 Å². The van der Waals surface area contributed by atoms with Gasteiger partial charge in [0.1, 0.15) is 9.84 Å². The third-order valence-electron chi connectivity index (χ3n) is 3.80. The van der Waals surface area contributed by atoms with Gasteiger partial charge in [0.05, 0.1) is 5.75 Å². The van der Waals surface area contributed by atoms with Crippen LogP contribution in [-0.4, -0.2) is 31.9 Å². The summed E-state index contributed by atoms with van der Waals surface area (Å²) in [6.07, 6.45) is 1.88. The summed E-state index contributed by atoms with van der Waals surface area (Å²) in [4.78, 5) is 0. The lowest BCUT2D eigenvalue weighted by Gasteiger charge is -2.31. The van der Waals surface area contributed by atoms with E-state index in [2.05, 4.69) is 0 Å². The van der Waals surface area contributed by atoms with Gasteiger partial charge in [-0.05, 0) is 31.6 Å². The molecule has 0 radical (unpaired) electrons. The zero-order valence-corrected chi connectivity index (χ0v) is 11.7. The molecule has 3 nitrogen and oxygen atoms in total. The molecule has 1 aliphatic carbocycles. The van der Waals surface area contributed by atoms with Crippen molar-refractivity contribution in [2.75, 3.05) is 11.5 Å². The number of rotatable bonds is 6. The smallest absolute Gasteiger partial charge is 0.248 e. The second kappa shape index (κ2) is 6.28. The molecule has 0 aromatic heterocycles. The van der Waals surface area contributed by atoms with Gasteiger partial charge < -0.3 is 5.73 Å². The van der Waals surface area contributed by atoms with Gasteiger partial charge in [0.15, 0.2) is 0 Å². The first kappa shape index (κ1) is 15.8. The van der Waals surface area contributed by atoms with E-state index in [0.717, 1.165) is 0 Å². The summed E-state index contributed by atoms with van der Waals surface area (Å²) in [6, 6.07) is -0.145. The molecule has 0 bridgehead atoms. The van der Waals surface area contributed by atoms with Crippen molar-refractivity contribution < 1.29 is 17.2 Å². The van der Waals surface area contributed by atoms with Crippen molar-refractivity contribution in [2.45, 2.75) is 57.4 Å². The molecule has 1 atom stereocenters. The fraction of sp³-hybridized carbons (Fsp3) is 1.00. The Kier molecular flexibility index (Phi) is 5.52. The number of hydrogen-bond donors (Lipinski definition) is 1. The van der Waals surface area contributed by atoms with Crippen molar-refractivity contribution in [1.29, 1.82) is 0 Å². The summed E-state index contributed by atoms with van der Waals surface area (Å²) in [6.45, 7) is 1.62. The maximum absolute atomic E-state index is 13.0. The predicted molar refractivity (Wildman–Crippen MR) is 68.4 cm³/mol. The van der Waals surface area contributed by atoms with Crippen molar-refractivity contribution in [3.63, 3.8) is 0 Å². The molecule has 18 heavy (non-hydrogen) atoms. The number of nitrogens with two attached hydrogens (primary N) is 1. The molecule has 1 rings (SSSR count). The second-order valence-corrected chi connectivity index (χ2v) is 7.71. The molecular weight excluding hydrogens is 260 g/mol. The van der Waals surface area contributed by atoms with E-state index >= 15 is 0 Å². The third kappa shape index (κ3) is 5.18. The average molecular weight is 283 g/mol. The van der Waals surface area contributed by atoms with E-state index in [0.29, 0.717) is 25.7 Å². The first-order valence-corrected chi connectivity index (χ1v) is 8.42. The zero-order chi connectivity index (χ0) is 13.8. The maximum atomic E-state index is 13.0. The van der Waals surface area contributed by atoms with Crippen molar-refractivity contribution in [1.82, 2.24) is 0 Å². The Morgan fingerprint density at radius 2 is 1.89 bits per heavy atom. The van der Waals surface area contributed by atoms with Crippen molar-refractivity contribution in [3.05, 3.63) is 0 Å². The highest BCUT2D eigenvalue weighted by molar-refractivity contribution is 7.91. The van der Waals surface area contributed by atoms with Crippen molar-refractivity contribution >= 4 is 9.84 Å². The lowest BCUT2D eigenvalue weighted by Crippen LogP contribution is -2.36. The standard InChI is InChI=1S/C12H23F2NO2S/c1-2-18(16,17)9-3-4-11(15)10-5-7-12(13,14)8-6-10/h10-11H,2-9,15H2,1H3. The van der Waals surface area contributed by atoms with E-state index in [1.54, 1.807) is 6.92 Å². The molecule has 108 valence electrons. The summed E-state index contributed by atoms with van der Waals surface area (Å²) in [5.74, 6) is -2.10. The van der Waals surface area contributed by atoms with E-state index in [9.17, 15) is 17.2 Å². The van der Waals surface area contributed by atoms with Crippen LogP contribution in [0.1, 0.15) is 45.4 Å². The Morgan fingerprint density at radius 1 is 1.33 bits per heavy atom. The molecule has 1 aliphatic rings. The number of sulfone groups is 1. The summed E-state index contributed by atoms with van der Waals surface area (Å²) in [5, 5.41) is 0. The fourth-order valence-corrected chi connectivity index (χ4v) is 3.30. The van der Waals surface area contributed by atoms with Crippen molar-refractivity contribution in [2.24, 2.45) is 11.7 Å². The van der Waals surface area contributed by atoms with Crippen LogP contribution in [0, 0.1) is 5.92 Å². The van der Waals surface area contributed by atoms with Crippen LogP contribution in [-0.2, 0) is 9.84 Å². The first-order chi connectivity index (χ1) is 8.26. The van der Waals surface area contributed by atoms with Gasteiger partial charge in [-0.1, -0.05) is 6.92 Å². The first-order valence-electron chi connectivity index (χ1n) is 6.59. The van der Waals surface area contributed by atoms with Gasteiger partial charge >= 0.3 is 0 Å². The minimum atomic E-state index is -2.94. The monoisotopic (exact) mass is 283 g/mol. The molecule has 0 heterocycles. The molecule has 0 saturated heterocycles. The number of halogens is 2. The highest BCUT2D eigenvalue weighted by Crippen LogP contribution is 2.37. The topological polar surface area (TPSA) is 60.2 Å². The van der Waals surface area contributed by atoms with Crippen LogP contribution in [0.3, 0.4) is 0 Å². The molecule has 1 saturated carbocycles. The quantitative estimate of drug-likeness (QED) is 0.814. The minimum absolute atomic E-state index is 0.0847. The van der Waals surface area contributed by atoms with Crippen LogP contribution in [0.4, 0.5) is 8.78 Å². The Labute approximate surface area is 108 Å². The summed E-state index contributed by atoms with van der Waals surface area (Å²) < 4.78 is 48.6. The summed E-state index contributed by atoms with van der Waals surface area (Å²) >= 11 is 0. The van der Waals surface area contributed by atoms with Gasteiger partial charge in [0, 0.05) is 24.6 Å². The van der Waals surface area contributed by atoms with Gasteiger partial charge in [0.2, 0.25) is 5.92 Å². The largest absolute Gasteiger partial charge is 0.327 e. The molecule has 6 heteroatoms. The van der Waals surface area contributed by atoms with E-state index in [1.165, 1.54) is 0 Å². The predicted octanol–water partition coefficient (Wildman–Crippen LogP) is 2.35. The second-order valence-electron chi connectivity index (χ2n) is 5.24. The molecule has 0 aromatic carbocycles. The molecule has 0 aromatic rings. The summed E-state index contributed by atoms with van der Waals surface area (Å²) in [5.41, 5.74) is 5.97. The van der Waals surface area contributed by atoms with E-state index < -0.39 is 15.8 Å². The maximum Gasteiger partial charge on any atom is 0.248 e. The number of alkyl halides is 2. The van der Waals surface area contributed by atoms with Gasteiger partial charge in [-0.15, -0.1) is 0 Å². The van der Waals surface area contributed by atoms with Crippen LogP contribution in [0.2, 0.25) is 0 Å². The van der Waals surface area contributed by atoms with Gasteiger partial charge in [-0.2, -0.15) is 0 Å². The average Bonchev–Trinajstić information content (AvgIpc) is 2.28. The number of hydrogen-bond acceptors (Lipinski definition) is 3. The van der Waals surface area contributed by atoms with Crippen LogP contribution >= 0.6 is 0 Å². The lowest BCUT2D eigenvalue weighted by atomic mass is 9.81. The Balaban J connectivity index is 2.28. The molecule has 1 unspecified atom stereocenters. The Hall–Kier alpha value is -0.230. The lowest BCUT2D eigenvalue weighted by molar-refractivity contribution is -0.0484. The van der Waals surface area contributed by atoms with Crippen LogP contribution in [0.25, 0.3) is 0 Å². The van der Waals surface area contributed by atoms with Crippen LogP contribution in [0.15, 0.2) is 0 Å². The fourth-order valence-electron chi connectivity index (χ4n) is 2.41. The highest BCUT2D eigenvalue weighted by Gasteiger charge is 2.36. The van der Waals surface area contributed by atoms with E-state index in [1.807, 2.05) is 0 Å². The normalized spacial score (nSPS) is 22.9. The third-order valence-corrected chi connectivity index (χ3v) is 5.59. The minimum Gasteiger partial charge on any atom is -0.327 e. The Morgan fingerprint density at radius 3 is 2.39 bits per heavy atom. The molecule has 0 amide bonds. The van der Waals surface area contributed by atoms with Gasteiger partial charge in [0.25, 0.3) is 0 Å². The molecule has 0 spiro atoms. The van der Waals surface area contributed by atoms with Gasteiger partial charge in [-0.25, -0.2) is 17.2 Å². The summed E-state index contributed by atoms with van der Waals surface area (Å²) in [7, 11) is -2.94. The van der Waals surface area contributed by atoms with E-state index in [4.69, 9.17) is 5.73 Å². The van der Waals surface area contributed by atoms with Crippen LogP contribution < -0.4 is 5.73 Å². The molecule has 0 aliphatic heterocycles. The van der Waals surface area contributed by atoms with Gasteiger partial charge in [-0.3, -0.25) is 0 Å². The zero-order valence-electron chi connectivity index (χ0n) is 10.9. The van der Waals surface area contributed by atoms with E-state index in [-0.39, 0.29) is 36.3 Å². The SMILES string of the molecule is CCS(=O)(=O)CCCC(N)C1CCC(F)(F)CC1. The highest BCUT2D eigenvalue weighted by atomic mass is 32.2. The molecular formula is C12H23F2NO2S. The Bertz CT molecular complexity index is 347. The molecule has 1 fully saturated rings. The molecule has 2 N–H and O–H groups in total.